The normalized spacial score (nSPS) is 11.2. The van der Waals surface area contributed by atoms with Crippen LogP contribution < -0.4 is 5.32 Å². The summed E-state index contributed by atoms with van der Waals surface area (Å²) in [6, 6.07) is 10.3. The molecule has 4 rings (SSSR count). The summed E-state index contributed by atoms with van der Waals surface area (Å²) in [5, 5.41) is 4.61. The molecule has 0 saturated heterocycles. The van der Waals surface area contributed by atoms with Crippen molar-refractivity contribution in [2.24, 2.45) is 0 Å². The molecule has 0 saturated carbocycles. The van der Waals surface area contributed by atoms with E-state index in [1.807, 2.05) is 35.9 Å². The van der Waals surface area contributed by atoms with Crippen molar-refractivity contribution in [2.75, 3.05) is 5.32 Å². The van der Waals surface area contributed by atoms with Crippen LogP contribution >= 0.6 is 11.3 Å². The molecule has 0 aliphatic rings. The maximum Gasteiger partial charge on any atom is 0.238 e. The Bertz CT molecular complexity index is 1030. The molecule has 3 aromatic heterocycles. The van der Waals surface area contributed by atoms with E-state index in [-0.39, 0.29) is 0 Å². The Morgan fingerprint density at radius 2 is 1.88 bits per heavy atom. The van der Waals surface area contributed by atoms with Gasteiger partial charge in [0.25, 0.3) is 0 Å². The van der Waals surface area contributed by atoms with E-state index in [2.05, 4.69) is 36.3 Å². The number of nitrogens with one attached hydrogen (secondary N) is 1. The van der Waals surface area contributed by atoms with Crippen LogP contribution in [0.2, 0.25) is 0 Å². The van der Waals surface area contributed by atoms with Crippen LogP contribution in [-0.4, -0.2) is 19.5 Å². The van der Waals surface area contributed by atoms with Crippen molar-refractivity contribution in [3.05, 3.63) is 64.6 Å². The van der Waals surface area contributed by atoms with Gasteiger partial charge in [-0.05, 0) is 31.9 Å². The quantitative estimate of drug-likeness (QED) is 0.593. The molecule has 0 unspecified atom stereocenters. The summed E-state index contributed by atoms with van der Waals surface area (Å²) in [5.74, 6) is 2.40. The lowest BCUT2D eigenvalue weighted by Gasteiger charge is -2.11. The second kappa shape index (κ2) is 6.29. The summed E-state index contributed by atoms with van der Waals surface area (Å²) < 4.78 is 1.91. The van der Waals surface area contributed by atoms with Gasteiger partial charge in [-0.25, -0.2) is 9.97 Å². The molecule has 25 heavy (non-hydrogen) atoms. The molecule has 0 radical (unpaired) electrons. The van der Waals surface area contributed by atoms with Gasteiger partial charge >= 0.3 is 0 Å². The number of anilines is 1. The summed E-state index contributed by atoms with van der Waals surface area (Å²) in [6.45, 7) is 6.94. The Balaban J connectivity index is 1.81. The Kier molecular flexibility index (Phi) is 3.97. The Labute approximate surface area is 150 Å². The number of aromatic nitrogens is 4. The van der Waals surface area contributed by atoms with Crippen LogP contribution in [0.15, 0.2) is 42.7 Å². The third-order valence-electron chi connectivity index (χ3n) is 4.36. The van der Waals surface area contributed by atoms with Gasteiger partial charge in [-0.3, -0.25) is 4.57 Å². The minimum atomic E-state index is 0.652. The Hall–Kier alpha value is -2.73. The van der Waals surface area contributed by atoms with Gasteiger partial charge in [0.1, 0.15) is 16.5 Å². The van der Waals surface area contributed by atoms with E-state index in [0.717, 1.165) is 28.4 Å². The molecule has 1 aromatic carbocycles. The number of benzene rings is 1. The van der Waals surface area contributed by atoms with Gasteiger partial charge in [-0.2, -0.15) is 4.98 Å². The second-order valence-corrected chi connectivity index (χ2v) is 7.22. The molecule has 4 aromatic rings. The lowest BCUT2D eigenvalue weighted by molar-refractivity contribution is 0.893. The summed E-state index contributed by atoms with van der Waals surface area (Å²) in [5.41, 5.74) is 2.46. The highest BCUT2D eigenvalue weighted by molar-refractivity contribution is 7.18. The molecule has 126 valence electrons. The lowest BCUT2D eigenvalue weighted by Crippen LogP contribution is -2.07. The third-order valence-corrected chi connectivity index (χ3v) is 5.46. The first-order chi connectivity index (χ1) is 12.1. The zero-order valence-corrected chi connectivity index (χ0v) is 15.3. The minimum absolute atomic E-state index is 0.652. The van der Waals surface area contributed by atoms with Crippen molar-refractivity contribution in [3.8, 4) is 5.95 Å². The average Bonchev–Trinajstić information content (AvgIpc) is 3.17. The van der Waals surface area contributed by atoms with E-state index >= 15 is 0 Å². The fraction of sp³-hybridized carbons (Fsp3) is 0.211. The van der Waals surface area contributed by atoms with Gasteiger partial charge < -0.3 is 5.32 Å². The predicted octanol–water partition coefficient (Wildman–Crippen LogP) is 4.41. The zero-order chi connectivity index (χ0) is 17.4. The van der Waals surface area contributed by atoms with E-state index in [1.54, 1.807) is 17.5 Å². The van der Waals surface area contributed by atoms with Crippen LogP contribution in [0.4, 0.5) is 5.82 Å². The number of fused-ring (bicyclic) bond motifs is 1. The van der Waals surface area contributed by atoms with Crippen LogP contribution in [0.1, 0.15) is 21.8 Å². The first-order valence-electron chi connectivity index (χ1n) is 8.19. The Morgan fingerprint density at radius 1 is 1.08 bits per heavy atom. The molecule has 0 bridgehead atoms. The third kappa shape index (κ3) is 2.89. The second-order valence-electron chi connectivity index (χ2n) is 6.02. The van der Waals surface area contributed by atoms with Crippen molar-refractivity contribution in [2.45, 2.75) is 27.3 Å². The zero-order valence-electron chi connectivity index (χ0n) is 14.4. The van der Waals surface area contributed by atoms with Gasteiger partial charge in [-0.1, -0.05) is 30.3 Å². The summed E-state index contributed by atoms with van der Waals surface area (Å²) in [7, 11) is 0. The minimum Gasteiger partial charge on any atom is -0.365 e. The lowest BCUT2D eigenvalue weighted by atomic mass is 10.2. The maximum atomic E-state index is 4.80. The van der Waals surface area contributed by atoms with Crippen molar-refractivity contribution in [1.82, 2.24) is 19.5 Å². The van der Waals surface area contributed by atoms with Gasteiger partial charge in [0, 0.05) is 23.8 Å². The van der Waals surface area contributed by atoms with Crippen LogP contribution in [0, 0.1) is 20.8 Å². The molecular weight excluding hydrogens is 330 g/mol. The standard InChI is InChI=1S/C19H19N5S/c1-12-13(2)25-18-16(12)17(21-11-15-7-5-4-6-8-15)22-19(23-18)24-10-9-20-14(24)3/h4-10H,11H2,1-3H3,(H,21,22,23). The molecule has 0 fully saturated rings. The van der Waals surface area contributed by atoms with E-state index in [1.165, 1.54) is 16.0 Å². The van der Waals surface area contributed by atoms with Crippen LogP contribution in [-0.2, 0) is 6.54 Å². The number of imidazole rings is 1. The molecule has 1 N–H and O–H groups in total. The number of hydrogen-bond donors (Lipinski definition) is 1. The van der Waals surface area contributed by atoms with Crippen molar-refractivity contribution in [3.63, 3.8) is 0 Å². The summed E-state index contributed by atoms with van der Waals surface area (Å²) in [6.07, 6.45) is 3.66. The highest BCUT2D eigenvalue weighted by Gasteiger charge is 2.16. The maximum absolute atomic E-state index is 4.80. The number of rotatable bonds is 4. The van der Waals surface area contributed by atoms with Crippen LogP contribution in [0.5, 0.6) is 0 Å². The topological polar surface area (TPSA) is 55.6 Å². The van der Waals surface area contributed by atoms with Crippen LogP contribution in [0.25, 0.3) is 16.2 Å². The molecule has 0 aliphatic heterocycles. The molecule has 5 nitrogen and oxygen atoms in total. The van der Waals surface area contributed by atoms with Gasteiger partial charge in [0.05, 0.1) is 5.39 Å². The monoisotopic (exact) mass is 349 g/mol. The average molecular weight is 349 g/mol. The largest absolute Gasteiger partial charge is 0.365 e. The highest BCUT2D eigenvalue weighted by Crippen LogP contribution is 2.34. The molecule has 6 heteroatoms. The SMILES string of the molecule is Cc1sc2nc(-n3ccnc3C)nc(NCc3ccccc3)c2c1C. The summed E-state index contributed by atoms with van der Waals surface area (Å²) in [4.78, 5) is 16.1. The highest BCUT2D eigenvalue weighted by atomic mass is 32.1. The van der Waals surface area contributed by atoms with Gasteiger partial charge in [0.2, 0.25) is 5.95 Å². The van der Waals surface area contributed by atoms with E-state index < -0.39 is 0 Å². The number of hydrogen-bond acceptors (Lipinski definition) is 5. The van der Waals surface area contributed by atoms with E-state index in [9.17, 15) is 0 Å². The van der Waals surface area contributed by atoms with Crippen LogP contribution in [0.3, 0.4) is 0 Å². The number of nitrogens with zero attached hydrogens (tertiary/aromatic N) is 4. The molecule has 0 amide bonds. The van der Waals surface area contributed by atoms with Gasteiger partial charge in [-0.15, -0.1) is 11.3 Å². The molecule has 0 aliphatic carbocycles. The summed E-state index contributed by atoms with van der Waals surface area (Å²) >= 11 is 1.71. The van der Waals surface area contributed by atoms with Crippen molar-refractivity contribution < 1.29 is 0 Å². The Morgan fingerprint density at radius 3 is 2.60 bits per heavy atom. The number of aryl methyl sites for hydroxylation is 3. The molecular formula is C19H19N5S. The van der Waals surface area contributed by atoms with E-state index in [4.69, 9.17) is 9.97 Å². The van der Waals surface area contributed by atoms with Crippen molar-refractivity contribution >= 4 is 27.4 Å². The molecule has 0 atom stereocenters. The van der Waals surface area contributed by atoms with Gasteiger partial charge in [0.15, 0.2) is 0 Å². The fourth-order valence-electron chi connectivity index (χ4n) is 2.84. The molecule has 3 heterocycles. The molecule has 0 spiro atoms. The first-order valence-corrected chi connectivity index (χ1v) is 9.01. The first kappa shape index (κ1) is 15.8. The van der Waals surface area contributed by atoms with E-state index in [0.29, 0.717) is 5.95 Å². The number of thiophene rings is 1. The fourth-order valence-corrected chi connectivity index (χ4v) is 3.87. The predicted molar refractivity (Wildman–Crippen MR) is 103 cm³/mol. The van der Waals surface area contributed by atoms with Crippen molar-refractivity contribution in [1.29, 1.82) is 0 Å². The smallest absolute Gasteiger partial charge is 0.238 e.